The number of hydrogen-bond donors (Lipinski definition) is 2. The molecule has 21 heavy (non-hydrogen) atoms. The number of amides is 1. The number of halogens is 2. The highest BCUT2D eigenvalue weighted by molar-refractivity contribution is 6.35. The highest BCUT2D eigenvalue weighted by atomic mass is 35.5. The molecule has 3 rings (SSSR count). The van der Waals surface area contributed by atoms with Crippen molar-refractivity contribution in [3.63, 3.8) is 0 Å². The van der Waals surface area contributed by atoms with E-state index in [-0.39, 0.29) is 5.91 Å². The summed E-state index contributed by atoms with van der Waals surface area (Å²) in [6.07, 6.45) is 2.07. The van der Waals surface area contributed by atoms with Crippen LogP contribution in [0.25, 0.3) is 0 Å². The Morgan fingerprint density at radius 1 is 1.14 bits per heavy atom. The normalized spacial score (nSPS) is 13.2. The van der Waals surface area contributed by atoms with Gasteiger partial charge in [-0.2, -0.15) is 0 Å². The molecule has 1 aliphatic heterocycles. The summed E-state index contributed by atoms with van der Waals surface area (Å²) >= 11 is 12.0. The van der Waals surface area contributed by atoms with Gasteiger partial charge >= 0.3 is 0 Å². The molecule has 5 heteroatoms. The zero-order valence-electron chi connectivity index (χ0n) is 11.2. The smallest absolute Gasteiger partial charge is 0.255 e. The fourth-order valence-corrected chi connectivity index (χ4v) is 2.74. The number of aryl methyl sites for hydroxylation is 1. The molecule has 0 saturated carbocycles. The van der Waals surface area contributed by atoms with Crippen molar-refractivity contribution in [3.8, 4) is 0 Å². The number of nitrogens with one attached hydrogen (secondary N) is 2. The predicted octanol–water partition coefficient (Wildman–Crippen LogP) is 4.60. The van der Waals surface area contributed by atoms with Crippen molar-refractivity contribution in [2.75, 3.05) is 17.2 Å². The number of rotatable bonds is 2. The number of anilines is 2. The van der Waals surface area contributed by atoms with Crippen molar-refractivity contribution in [2.24, 2.45) is 0 Å². The first-order valence-electron chi connectivity index (χ1n) is 6.77. The molecular weight excluding hydrogens is 307 g/mol. The van der Waals surface area contributed by atoms with Gasteiger partial charge in [0.1, 0.15) is 0 Å². The highest BCUT2D eigenvalue weighted by Gasteiger charge is 2.13. The molecule has 2 aromatic carbocycles. The van der Waals surface area contributed by atoms with Crippen LogP contribution in [0.2, 0.25) is 10.0 Å². The third-order valence-electron chi connectivity index (χ3n) is 3.48. The molecule has 0 aliphatic carbocycles. The molecule has 0 saturated heterocycles. The maximum absolute atomic E-state index is 12.3. The van der Waals surface area contributed by atoms with Gasteiger partial charge in [0, 0.05) is 22.8 Å². The lowest BCUT2D eigenvalue weighted by Crippen LogP contribution is -2.15. The minimum Gasteiger partial charge on any atom is -0.385 e. The Morgan fingerprint density at radius 2 is 2.00 bits per heavy atom. The van der Waals surface area contributed by atoms with Crippen LogP contribution in [0.5, 0.6) is 0 Å². The highest BCUT2D eigenvalue weighted by Crippen LogP contribution is 2.27. The van der Waals surface area contributed by atoms with Crippen molar-refractivity contribution < 1.29 is 4.79 Å². The number of carbonyl (C=O) groups is 1. The minimum atomic E-state index is -0.187. The van der Waals surface area contributed by atoms with Crippen molar-refractivity contribution in [1.29, 1.82) is 0 Å². The minimum absolute atomic E-state index is 0.187. The topological polar surface area (TPSA) is 41.1 Å². The lowest BCUT2D eigenvalue weighted by Gasteiger charge is -2.18. The first-order chi connectivity index (χ1) is 10.1. The Balaban J connectivity index is 1.83. The molecule has 0 radical (unpaired) electrons. The Bertz CT molecular complexity index is 701. The molecule has 2 N–H and O–H groups in total. The van der Waals surface area contributed by atoms with Crippen LogP contribution in [0.4, 0.5) is 11.4 Å². The summed E-state index contributed by atoms with van der Waals surface area (Å²) < 4.78 is 0. The lowest BCUT2D eigenvalue weighted by atomic mass is 10.0. The number of carbonyl (C=O) groups excluding carboxylic acids is 1. The van der Waals surface area contributed by atoms with E-state index in [0.29, 0.717) is 21.3 Å². The molecule has 0 spiro atoms. The summed E-state index contributed by atoms with van der Waals surface area (Å²) in [4.78, 5) is 12.3. The van der Waals surface area contributed by atoms with Gasteiger partial charge in [-0.15, -0.1) is 0 Å². The van der Waals surface area contributed by atoms with E-state index >= 15 is 0 Å². The molecule has 2 aromatic rings. The van der Waals surface area contributed by atoms with Crippen molar-refractivity contribution in [3.05, 3.63) is 57.6 Å². The van der Waals surface area contributed by atoms with E-state index < -0.39 is 0 Å². The quantitative estimate of drug-likeness (QED) is 0.848. The Labute approximate surface area is 133 Å². The van der Waals surface area contributed by atoms with E-state index in [4.69, 9.17) is 23.2 Å². The molecule has 108 valence electrons. The number of fused-ring (bicyclic) bond motifs is 1. The number of benzene rings is 2. The fraction of sp³-hybridized carbons (Fsp3) is 0.188. The van der Waals surface area contributed by atoms with Crippen LogP contribution in [0.1, 0.15) is 22.3 Å². The van der Waals surface area contributed by atoms with Crippen LogP contribution in [0, 0.1) is 0 Å². The molecule has 0 aromatic heterocycles. The Hall–Kier alpha value is -1.71. The summed E-state index contributed by atoms with van der Waals surface area (Å²) in [5, 5.41) is 7.12. The molecule has 0 bridgehead atoms. The van der Waals surface area contributed by atoms with Gasteiger partial charge < -0.3 is 10.6 Å². The maximum Gasteiger partial charge on any atom is 0.255 e. The third-order valence-corrected chi connectivity index (χ3v) is 4.05. The third kappa shape index (κ3) is 3.14. The van der Waals surface area contributed by atoms with E-state index in [0.717, 1.165) is 25.1 Å². The van der Waals surface area contributed by atoms with Crippen LogP contribution < -0.4 is 10.6 Å². The first kappa shape index (κ1) is 14.2. The second kappa shape index (κ2) is 5.96. The van der Waals surface area contributed by atoms with Gasteiger partial charge in [-0.05, 0) is 54.8 Å². The van der Waals surface area contributed by atoms with Gasteiger partial charge in [-0.3, -0.25) is 4.79 Å². The van der Waals surface area contributed by atoms with E-state index in [1.165, 1.54) is 5.56 Å². The van der Waals surface area contributed by atoms with Gasteiger partial charge in [0.25, 0.3) is 5.91 Å². The molecule has 1 heterocycles. The summed E-state index contributed by atoms with van der Waals surface area (Å²) in [6, 6.07) is 10.7. The van der Waals surface area contributed by atoms with Crippen LogP contribution in [-0.4, -0.2) is 12.5 Å². The summed E-state index contributed by atoms with van der Waals surface area (Å²) in [5.41, 5.74) is 3.42. The van der Waals surface area contributed by atoms with Crippen molar-refractivity contribution in [1.82, 2.24) is 0 Å². The van der Waals surface area contributed by atoms with E-state index in [9.17, 15) is 4.79 Å². The largest absolute Gasteiger partial charge is 0.385 e. The van der Waals surface area contributed by atoms with E-state index in [1.807, 2.05) is 18.2 Å². The Morgan fingerprint density at radius 3 is 2.86 bits per heavy atom. The van der Waals surface area contributed by atoms with Crippen LogP contribution in [-0.2, 0) is 6.42 Å². The van der Waals surface area contributed by atoms with Crippen LogP contribution in [0.3, 0.4) is 0 Å². The van der Waals surface area contributed by atoms with Gasteiger partial charge in [0.05, 0.1) is 10.7 Å². The Kier molecular flexibility index (Phi) is 4.04. The molecular formula is C16H14Cl2N2O. The second-order valence-corrected chi connectivity index (χ2v) is 5.82. The maximum atomic E-state index is 12.3. The fourth-order valence-electron chi connectivity index (χ4n) is 2.40. The molecule has 0 atom stereocenters. The first-order valence-corrected chi connectivity index (χ1v) is 7.52. The second-order valence-electron chi connectivity index (χ2n) is 4.98. The van der Waals surface area contributed by atoms with Crippen LogP contribution in [0.15, 0.2) is 36.4 Å². The summed E-state index contributed by atoms with van der Waals surface area (Å²) in [5.74, 6) is -0.187. The zero-order chi connectivity index (χ0) is 14.8. The van der Waals surface area contributed by atoms with Gasteiger partial charge in [-0.25, -0.2) is 0 Å². The molecule has 0 unspecified atom stereocenters. The lowest BCUT2D eigenvalue weighted by molar-refractivity contribution is 0.102. The number of hydrogen-bond acceptors (Lipinski definition) is 2. The zero-order valence-corrected chi connectivity index (χ0v) is 12.8. The molecule has 1 amide bonds. The van der Waals surface area contributed by atoms with E-state index in [2.05, 4.69) is 10.6 Å². The summed E-state index contributed by atoms with van der Waals surface area (Å²) in [6.45, 7) is 0.983. The molecule has 3 nitrogen and oxygen atoms in total. The molecule has 0 fully saturated rings. The average Bonchev–Trinajstić information content (AvgIpc) is 2.50. The van der Waals surface area contributed by atoms with Gasteiger partial charge in [-0.1, -0.05) is 23.2 Å². The van der Waals surface area contributed by atoms with Crippen LogP contribution >= 0.6 is 23.2 Å². The monoisotopic (exact) mass is 320 g/mol. The van der Waals surface area contributed by atoms with Crippen molar-refractivity contribution >= 4 is 40.5 Å². The SMILES string of the molecule is O=C(Nc1cc(Cl)ccc1Cl)c1ccc2c(c1)CCCN2. The standard InChI is InChI=1S/C16H14Cl2N2O/c17-12-4-5-13(18)15(9-12)20-16(21)11-3-6-14-10(8-11)2-1-7-19-14/h3-6,8-9,19H,1-2,7H2,(H,20,21). The van der Waals surface area contributed by atoms with Gasteiger partial charge in [0.15, 0.2) is 0 Å². The molecule has 1 aliphatic rings. The van der Waals surface area contributed by atoms with Gasteiger partial charge in [0.2, 0.25) is 0 Å². The van der Waals surface area contributed by atoms with E-state index in [1.54, 1.807) is 18.2 Å². The summed E-state index contributed by atoms with van der Waals surface area (Å²) in [7, 11) is 0. The predicted molar refractivity (Wildman–Crippen MR) is 87.7 cm³/mol. The van der Waals surface area contributed by atoms with Crippen molar-refractivity contribution in [2.45, 2.75) is 12.8 Å². The average molecular weight is 321 g/mol.